The molecule has 0 atom stereocenters. The summed E-state index contributed by atoms with van der Waals surface area (Å²) in [6.45, 7) is 0. The number of nitrogens with zero attached hydrogens (tertiary/aromatic N) is 1. The maximum Gasteiger partial charge on any atom is 0.174 e. The van der Waals surface area contributed by atoms with Crippen molar-refractivity contribution in [1.82, 2.24) is 5.16 Å². The van der Waals surface area contributed by atoms with Crippen molar-refractivity contribution in [2.75, 3.05) is 0 Å². The second-order valence-corrected chi connectivity index (χ2v) is 6.03. The number of hydrogen-bond acceptors (Lipinski definition) is 2. The molecule has 0 unspecified atom stereocenters. The van der Waals surface area contributed by atoms with Crippen molar-refractivity contribution in [2.45, 2.75) is 5.33 Å². The molecule has 0 saturated carbocycles. The van der Waals surface area contributed by atoms with Crippen LogP contribution in [0.2, 0.25) is 5.02 Å². The normalized spacial score (nSPS) is 11.1. The van der Waals surface area contributed by atoms with Crippen molar-refractivity contribution in [3.63, 3.8) is 0 Å². The van der Waals surface area contributed by atoms with Crippen LogP contribution in [0, 0.1) is 0 Å². The zero-order chi connectivity index (χ0) is 13.4. The maximum atomic E-state index is 6.15. The minimum Gasteiger partial charge on any atom is -0.355 e. The quantitative estimate of drug-likeness (QED) is 0.507. The zero-order valence-corrected chi connectivity index (χ0v) is 13.6. The lowest BCUT2D eigenvalue weighted by molar-refractivity contribution is 0.440. The Kier molecular flexibility index (Phi) is 3.65. The molecule has 96 valence electrons. The van der Waals surface area contributed by atoms with Crippen LogP contribution in [-0.4, -0.2) is 5.16 Å². The van der Waals surface area contributed by atoms with Crippen LogP contribution in [0.1, 0.15) is 5.56 Å². The topological polar surface area (TPSA) is 26.0 Å². The SMILES string of the molecule is Clc1cc(CBr)c2noc(-c3ccc(Br)cc3)c2c1. The summed E-state index contributed by atoms with van der Waals surface area (Å²) in [4.78, 5) is 0. The molecule has 0 spiro atoms. The van der Waals surface area contributed by atoms with Crippen molar-refractivity contribution < 1.29 is 4.52 Å². The number of rotatable bonds is 2. The first-order valence-corrected chi connectivity index (χ1v) is 7.88. The standard InChI is InChI=1S/C14H8Br2ClNO/c15-7-9-5-11(17)6-12-13(9)18-19-14(12)8-1-3-10(16)4-2-8/h1-6H,7H2. The first kappa shape index (κ1) is 13.2. The molecular formula is C14H8Br2ClNO. The van der Waals surface area contributed by atoms with Crippen LogP contribution in [0.5, 0.6) is 0 Å². The van der Waals surface area contributed by atoms with Gasteiger partial charge in [-0.25, -0.2) is 0 Å². The highest BCUT2D eigenvalue weighted by molar-refractivity contribution is 9.10. The van der Waals surface area contributed by atoms with Gasteiger partial charge in [-0.3, -0.25) is 0 Å². The fourth-order valence-electron chi connectivity index (χ4n) is 1.99. The first-order valence-electron chi connectivity index (χ1n) is 5.59. The summed E-state index contributed by atoms with van der Waals surface area (Å²) < 4.78 is 6.52. The number of halogens is 3. The predicted octanol–water partition coefficient (Wildman–Crippen LogP) is 5.81. The second kappa shape index (κ2) is 5.27. The molecule has 0 aliphatic carbocycles. The molecule has 0 radical (unpaired) electrons. The van der Waals surface area contributed by atoms with E-state index in [0.717, 1.165) is 32.3 Å². The highest BCUT2D eigenvalue weighted by Gasteiger charge is 2.14. The van der Waals surface area contributed by atoms with Gasteiger partial charge in [0, 0.05) is 20.4 Å². The summed E-state index contributed by atoms with van der Waals surface area (Å²) in [7, 11) is 0. The summed E-state index contributed by atoms with van der Waals surface area (Å²) >= 11 is 13.0. The van der Waals surface area contributed by atoms with Crippen LogP contribution >= 0.6 is 43.5 Å². The summed E-state index contributed by atoms with van der Waals surface area (Å²) in [5.74, 6) is 0.743. The van der Waals surface area contributed by atoms with Gasteiger partial charge in [0.25, 0.3) is 0 Å². The molecule has 1 heterocycles. The van der Waals surface area contributed by atoms with Gasteiger partial charge in [-0.15, -0.1) is 0 Å². The summed E-state index contributed by atoms with van der Waals surface area (Å²) in [6, 6.07) is 11.7. The zero-order valence-electron chi connectivity index (χ0n) is 9.66. The first-order chi connectivity index (χ1) is 9.19. The van der Waals surface area contributed by atoms with Crippen LogP contribution in [0.25, 0.3) is 22.2 Å². The third kappa shape index (κ3) is 2.45. The van der Waals surface area contributed by atoms with Gasteiger partial charge in [0.15, 0.2) is 5.76 Å². The van der Waals surface area contributed by atoms with E-state index in [1.165, 1.54) is 0 Å². The van der Waals surface area contributed by atoms with E-state index in [1.807, 2.05) is 36.4 Å². The number of hydrogen-bond donors (Lipinski definition) is 0. The molecule has 0 N–H and O–H groups in total. The van der Waals surface area contributed by atoms with E-state index in [0.29, 0.717) is 10.4 Å². The molecule has 2 aromatic carbocycles. The lowest BCUT2D eigenvalue weighted by atomic mass is 10.1. The van der Waals surface area contributed by atoms with Crippen LogP contribution in [0.3, 0.4) is 0 Å². The Labute approximate surface area is 132 Å². The van der Waals surface area contributed by atoms with Gasteiger partial charge in [-0.2, -0.15) is 0 Å². The van der Waals surface area contributed by atoms with Crippen LogP contribution < -0.4 is 0 Å². The monoisotopic (exact) mass is 399 g/mol. The maximum absolute atomic E-state index is 6.15. The lowest BCUT2D eigenvalue weighted by Gasteiger charge is -2.00. The summed E-state index contributed by atoms with van der Waals surface area (Å²) in [6.07, 6.45) is 0. The average Bonchev–Trinajstić information content (AvgIpc) is 2.82. The van der Waals surface area contributed by atoms with E-state index < -0.39 is 0 Å². The van der Waals surface area contributed by atoms with Crippen LogP contribution in [0.15, 0.2) is 45.4 Å². The van der Waals surface area contributed by atoms with Gasteiger partial charge in [0.2, 0.25) is 0 Å². The van der Waals surface area contributed by atoms with Crippen LogP contribution in [-0.2, 0) is 5.33 Å². The van der Waals surface area contributed by atoms with Gasteiger partial charge in [0.05, 0.1) is 5.39 Å². The molecule has 19 heavy (non-hydrogen) atoms. The lowest BCUT2D eigenvalue weighted by Crippen LogP contribution is -1.81. The summed E-state index contributed by atoms with van der Waals surface area (Å²) in [5, 5.41) is 6.46. The van der Waals surface area contributed by atoms with Crippen molar-refractivity contribution in [2.24, 2.45) is 0 Å². The largest absolute Gasteiger partial charge is 0.355 e. The molecule has 0 aliphatic rings. The van der Waals surface area contributed by atoms with Gasteiger partial charge in [0.1, 0.15) is 5.52 Å². The van der Waals surface area contributed by atoms with Crippen molar-refractivity contribution >= 4 is 54.4 Å². The van der Waals surface area contributed by atoms with E-state index in [2.05, 4.69) is 37.0 Å². The molecule has 0 aliphatic heterocycles. The number of aromatic nitrogens is 1. The number of fused-ring (bicyclic) bond motifs is 1. The minimum atomic E-state index is 0.684. The Morgan fingerprint density at radius 2 is 1.89 bits per heavy atom. The smallest absolute Gasteiger partial charge is 0.174 e. The Balaban J connectivity index is 2.25. The van der Waals surface area contributed by atoms with Gasteiger partial charge < -0.3 is 4.52 Å². The highest BCUT2D eigenvalue weighted by Crippen LogP contribution is 2.33. The van der Waals surface area contributed by atoms with E-state index in [-0.39, 0.29) is 0 Å². The third-order valence-corrected chi connectivity index (χ3v) is 4.23. The van der Waals surface area contributed by atoms with Crippen LogP contribution in [0.4, 0.5) is 0 Å². The second-order valence-electron chi connectivity index (χ2n) is 4.11. The molecule has 0 bridgehead atoms. The molecular weight excluding hydrogens is 393 g/mol. The highest BCUT2D eigenvalue weighted by atomic mass is 79.9. The van der Waals surface area contributed by atoms with Gasteiger partial charge >= 0.3 is 0 Å². The molecule has 1 aromatic heterocycles. The van der Waals surface area contributed by atoms with Gasteiger partial charge in [-0.1, -0.05) is 48.6 Å². The van der Waals surface area contributed by atoms with Crippen molar-refractivity contribution in [3.8, 4) is 11.3 Å². The van der Waals surface area contributed by atoms with Gasteiger partial charge in [-0.05, 0) is 42.0 Å². The average molecular weight is 401 g/mol. The predicted molar refractivity (Wildman–Crippen MR) is 84.8 cm³/mol. The Morgan fingerprint density at radius 1 is 1.16 bits per heavy atom. The van der Waals surface area contributed by atoms with Crippen molar-refractivity contribution in [1.29, 1.82) is 0 Å². The fourth-order valence-corrected chi connectivity index (χ4v) is 2.92. The van der Waals surface area contributed by atoms with E-state index in [9.17, 15) is 0 Å². The Morgan fingerprint density at radius 3 is 2.58 bits per heavy atom. The van der Waals surface area contributed by atoms with E-state index >= 15 is 0 Å². The molecule has 2 nitrogen and oxygen atoms in total. The third-order valence-electron chi connectivity index (χ3n) is 2.88. The molecule has 3 aromatic rings. The number of alkyl halides is 1. The molecule has 0 amide bonds. The Bertz CT molecular complexity index is 737. The molecule has 0 saturated heterocycles. The van der Waals surface area contributed by atoms with E-state index in [1.54, 1.807) is 0 Å². The Hall–Kier alpha value is -0.840. The van der Waals surface area contributed by atoms with Crippen molar-refractivity contribution in [3.05, 3.63) is 51.5 Å². The molecule has 5 heteroatoms. The number of benzene rings is 2. The van der Waals surface area contributed by atoms with E-state index in [4.69, 9.17) is 16.1 Å². The molecule has 3 rings (SSSR count). The molecule has 0 fully saturated rings. The summed E-state index contributed by atoms with van der Waals surface area (Å²) in [5.41, 5.74) is 2.85. The minimum absolute atomic E-state index is 0.684. The fraction of sp³-hybridized carbons (Fsp3) is 0.0714.